The van der Waals surface area contributed by atoms with Crippen molar-refractivity contribution in [1.82, 2.24) is 10.2 Å². The SMILES string of the molecule is C[C@@H]1CNCCN1C(=O)CCSc1ccc(F)cc1. The quantitative estimate of drug-likeness (QED) is 0.859. The van der Waals surface area contributed by atoms with Crippen LogP contribution in [0.1, 0.15) is 13.3 Å². The number of halogens is 1. The van der Waals surface area contributed by atoms with E-state index in [0.717, 1.165) is 30.3 Å². The normalized spacial score (nSPS) is 19.5. The lowest BCUT2D eigenvalue weighted by molar-refractivity contribution is -0.133. The molecule has 2 rings (SSSR count). The Morgan fingerprint density at radius 3 is 2.89 bits per heavy atom. The van der Waals surface area contributed by atoms with Gasteiger partial charge in [-0.05, 0) is 31.2 Å². The van der Waals surface area contributed by atoms with Gasteiger partial charge in [0.1, 0.15) is 5.82 Å². The van der Waals surface area contributed by atoms with Gasteiger partial charge in [0.2, 0.25) is 5.91 Å². The zero-order chi connectivity index (χ0) is 13.7. The minimum absolute atomic E-state index is 0.212. The Balaban J connectivity index is 1.75. The molecule has 1 aliphatic heterocycles. The van der Waals surface area contributed by atoms with E-state index in [4.69, 9.17) is 0 Å². The van der Waals surface area contributed by atoms with Crippen LogP contribution in [0.5, 0.6) is 0 Å². The molecule has 104 valence electrons. The van der Waals surface area contributed by atoms with Crippen molar-refractivity contribution in [2.75, 3.05) is 25.4 Å². The number of nitrogens with one attached hydrogen (secondary N) is 1. The average Bonchev–Trinajstić information content (AvgIpc) is 2.41. The summed E-state index contributed by atoms with van der Waals surface area (Å²) >= 11 is 1.59. The predicted octanol–water partition coefficient (Wildman–Crippen LogP) is 2.13. The summed E-state index contributed by atoms with van der Waals surface area (Å²) < 4.78 is 12.7. The third kappa shape index (κ3) is 4.21. The number of amides is 1. The van der Waals surface area contributed by atoms with Crippen molar-refractivity contribution in [3.8, 4) is 0 Å². The van der Waals surface area contributed by atoms with E-state index >= 15 is 0 Å². The highest BCUT2D eigenvalue weighted by Gasteiger charge is 2.22. The summed E-state index contributed by atoms with van der Waals surface area (Å²) in [4.78, 5) is 15.0. The third-order valence-electron chi connectivity index (χ3n) is 3.22. The van der Waals surface area contributed by atoms with Gasteiger partial charge in [-0.25, -0.2) is 4.39 Å². The number of carbonyl (C=O) groups is 1. The van der Waals surface area contributed by atoms with Gasteiger partial charge >= 0.3 is 0 Å². The fourth-order valence-corrected chi connectivity index (χ4v) is 2.98. The molecule has 1 amide bonds. The number of thioether (sulfide) groups is 1. The summed E-state index contributed by atoms with van der Waals surface area (Å²) in [5, 5.41) is 3.27. The molecule has 1 aromatic rings. The number of rotatable bonds is 4. The number of hydrogen-bond acceptors (Lipinski definition) is 3. The van der Waals surface area contributed by atoms with E-state index in [2.05, 4.69) is 12.2 Å². The van der Waals surface area contributed by atoms with Crippen LogP contribution in [-0.4, -0.2) is 42.2 Å². The van der Waals surface area contributed by atoms with Crippen molar-refractivity contribution >= 4 is 17.7 Å². The predicted molar refractivity (Wildman–Crippen MR) is 75.8 cm³/mol. The minimum atomic E-state index is -0.227. The Labute approximate surface area is 117 Å². The van der Waals surface area contributed by atoms with Gasteiger partial charge in [-0.1, -0.05) is 0 Å². The van der Waals surface area contributed by atoms with Crippen LogP contribution in [0.25, 0.3) is 0 Å². The Bertz CT molecular complexity index is 424. The molecule has 0 unspecified atom stereocenters. The fraction of sp³-hybridized carbons (Fsp3) is 0.500. The van der Waals surface area contributed by atoms with Crippen LogP contribution < -0.4 is 5.32 Å². The number of piperazine rings is 1. The van der Waals surface area contributed by atoms with E-state index in [1.165, 1.54) is 12.1 Å². The topological polar surface area (TPSA) is 32.3 Å². The molecule has 1 aromatic carbocycles. The van der Waals surface area contributed by atoms with Gasteiger partial charge in [-0.3, -0.25) is 4.79 Å². The van der Waals surface area contributed by atoms with Gasteiger partial charge in [0.15, 0.2) is 0 Å². The summed E-state index contributed by atoms with van der Waals surface area (Å²) in [5.74, 6) is 0.722. The average molecular weight is 282 g/mol. The first kappa shape index (κ1) is 14.3. The highest BCUT2D eigenvalue weighted by molar-refractivity contribution is 7.99. The molecular weight excluding hydrogens is 263 g/mol. The van der Waals surface area contributed by atoms with Gasteiger partial charge < -0.3 is 10.2 Å². The second kappa shape index (κ2) is 6.91. The maximum atomic E-state index is 12.7. The second-order valence-electron chi connectivity index (χ2n) is 4.69. The molecule has 1 N–H and O–H groups in total. The number of hydrogen-bond donors (Lipinski definition) is 1. The molecule has 5 heteroatoms. The van der Waals surface area contributed by atoms with Crippen LogP contribution in [0.4, 0.5) is 4.39 Å². The summed E-state index contributed by atoms with van der Waals surface area (Å²) in [7, 11) is 0. The standard InChI is InChI=1S/C14H19FN2OS/c1-11-10-16-7-8-17(11)14(18)6-9-19-13-4-2-12(15)3-5-13/h2-5,11,16H,6-10H2,1H3/t11-/m1/s1. The molecular formula is C14H19FN2OS. The molecule has 0 spiro atoms. The lowest BCUT2D eigenvalue weighted by Crippen LogP contribution is -2.52. The van der Waals surface area contributed by atoms with Gasteiger partial charge in [0.05, 0.1) is 0 Å². The van der Waals surface area contributed by atoms with E-state index in [9.17, 15) is 9.18 Å². The Kier molecular flexibility index (Phi) is 5.22. The van der Waals surface area contributed by atoms with Crippen LogP contribution >= 0.6 is 11.8 Å². The third-order valence-corrected chi connectivity index (χ3v) is 4.23. The van der Waals surface area contributed by atoms with Crippen LogP contribution in [-0.2, 0) is 4.79 Å². The first-order valence-electron chi connectivity index (χ1n) is 6.55. The lowest BCUT2D eigenvalue weighted by atomic mass is 10.2. The zero-order valence-corrected chi connectivity index (χ0v) is 11.9. The maximum absolute atomic E-state index is 12.7. The lowest BCUT2D eigenvalue weighted by Gasteiger charge is -2.34. The molecule has 0 bridgehead atoms. The Hall–Kier alpha value is -1.07. The molecule has 0 radical (unpaired) electrons. The molecule has 3 nitrogen and oxygen atoms in total. The highest BCUT2D eigenvalue weighted by Crippen LogP contribution is 2.19. The molecule has 1 saturated heterocycles. The van der Waals surface area contributed by atoms with E-state index in [1.807, 2.05) is 4.90 Å². The molecule has 1 heterocycles. The van der Waals surface area contributed by atoms with Crippen molar-refractivity contribution in [1.29, 1.82) is 0 Å². The van der Waals surface area contributed by atoms with E-state index < -0.39 is 0 Å². The van der Waals surface area contributed by atoms with Crippen molar-refractivity contribution in [3.05, 3.63) is 30.1 Å². The second-order valence-corrected chi connectivity index (χ2v) is 5.86. The van der Waals surface area contributed by atoms with Gasteiger partial charge in [-0.2, -0.15) is 0 Å². The van der Waals surface area contributed by atoms with Gasteiger partial charge in [0, 0.05) is 42.7 Å². The molecule has 1 atom stereocenters. The fourth-order valence-electron chi connectivity index (χ4n) is 2.14. The Morgan fingerprint density at radius 2 is 2.21 bits per heavy atom. The molecule has 1 aliphatic rings. The van der Waals surface area contributed by atoms with Crippen LogP contribution in [0.2, 0.25) is 0 Å². The summed E-state index contributed by atoms with van der Waals surface area (Å²) in [5.41, 5.74) is 0. The first-order valence-corrected chi connectivity index (χ1v) is 7.54. The van der Waals surface area contributed by atoms with E-state index in [1.54, 1.807) is 23.9 Å². The largest absolute Gasteiger partial charge is 0.337 e. The van der Waals surface area contributed by atoms with Crippen molar-refractivity contribution < 1.29 is 9.18 Å². The summed E-state index contributed by atoms with van der Waals surface area (Å²) in [6, 6.07) is 6.66. The van der Waals surface area contributed by atoms with Crippen molar-refractivity contribution in [3.63, 3.8) is 0 Å². The van der Waals surface area contributed by atoms with Crippen molar-refractivity contribution in [2.45, 2.75) is 24.3 Å². The Morgan fingerprint density at radius 1 is 1.47 bits per heavy atom. The van der Waals surface area contributed by atoms with E-state index in [-0.39, 0.29) is 17.8 Å². The van der Waals surface area contributed by atoms with Gasteiger partial charge in [0.25, 0.3) is 0 Å². The highest BCUT2D eigenvalue weighted by atomic mass is 32.2. The molecule has 1 fully saturated rings. The summed E-state index contributed by atoms with van der Waals surface area (Å²) in [6.45, 7) is 4.61. The number of benzene rings is 1. The summed E-state index contributed by atoms with van der Waals surface area (Å²) in [6.07, 6.45) is 0.534. The minimum Gasteiger partial charge on any atom is -0.337 e. The molecule has 0 aromatic heterocycles. The molecule has 0 saturated carbocycles. The molecule has 19 heavy (non-hydrogen) atoms. The molecule has 0 aliphatic carbocycles. The zero-order valence-electron chi connectivity index (χ0n) is 11.1. The van der Waals surface area contributed by atoms with Crippen LogP contribution in [0.15, 0.2) is 29.2 Å². The van der Waals surface area contributed by atoms with Crippen molar-refractivity contribution in [2.24, 2.45) is 0 Å². The first-order chi connectivity index (χ1) is 9.16. The maximum Gasteiger partial charge on any atom is 0.223 e. The number of carbonyl (C=O) groups excluding carboxylic acids is 1. The van der Waals surface area contributed by atoms with E-state index in [0.29, 0.717) is 6.42 Å². The van der Waals surface area contributed by atoms with Gasteiger partial charge in [-0.15, -0.1) is 11.8 Å². The van der Waals surface area contributed by atoms with Crippen LogP contribution in [0, 0.1) is 5.82 Å². The van der Waals surface area contributed by atoms with Crippen LogP contribution in [0.3, 0.4) is 0 Å². The smallest absolute Gasteiger partial charge is 0.223 e. The number of nitrogens with zero attached hydrogens (tertiary/aromatic N) is 1. The monoisotopic (exact) mass is 282 g/mol.